The summed E-state index contributed by atoms with van der Waals surface area (Å²) in [6.45, 7) is 0.474. The fraction of sp³-hybridized carbons (Fsp3) is 0.312. The lowest BCUT2D eigenvalue weighted by Gasteiger charge is -2.20. The highest BCUT2D eigenvalue weighted by Crippen LogP contribution is 2.26. The number of rotatable bonds is 6. The van der Waals surface area contributed by atoms with Gasteiger partial charge in [-0.1, -0.05) is 24.3 Å². The van der Waals surface area contributed by atoms with E-state index in [0.717, 1.165) is 4.88 Å². The van der Waals surface area contributed by atoms with Crippen LogP contribution in [0, 0.1) is 0 Å². The largest absolute Gasteiger partial charge is 0.573 e. The van der Waals surface area contributed by atoms with Gasteiger partial charge in [0.15, 0.2) is 0 Å². The quantitative estimate of drug-likeness (QED) is 0.847. The van der Waals surface area contributed by atoms with E-state index in [9.17, 15) is 18.0 Å². The fourth-order valence-electron chi connectivity index (χ4n) is 2.07. The molecule has 0 atom stereocenters. The molecule has 2 amide bonds. The number of hydrogen-bond donors (Lipinski definition) is 1. The second-order valence-electron chi connectivity index (χ2n) is 5.07. The molecule has 24 heavy (non-hydrogen) atoms. The van der Waals surface area contributed by atoms with E-state index in [1.165, 1.54) is 30.1 Å². The number of para-hydroxylation sites is 1. The van der Waals surface area contributed by atoms with Crippen molar-refractivity contribution >= 4 is 17.4 Å². The number of amides is 2. The standard InChI is InChI=1S/C16H17F3N2O2S/c1-21(15(22)20-9-8-13-6-4-10-24-13)11-12-5-2-3-7-14(12)23-16(17,18)19/h2-7,10H,8-9,11H2,1H3,(H,20,22). The zero-order valence-corrected chi connectivity index (χ0v) is 13.8. The number of carbonyl (C=O) groups is 1. The van der Waals surface area contributed by atoms with E-state index < -0.39 is 6.36 Å². The van der Waals surface area contributed by atoms with Crippen LogP contribution in [0.3, 0.4) is 0 Å². The van der Waals surface area contributed by atoms with Crippen molar-refractivity contribution in [1.82, 2.24) is 10.2 Å². The molecule has 4 nitrogen and oxygen atoms in total. The van der Waals surface area contributed by atoms with Gasteiger partial charge in [-0.05, 0) is 23.9 Å². The molecule has 0 radical (unpaired) electrons. The van der Waals surface area contributed by atoms with Crippen molar-refractivity contribution in [3.63, 3.8) is 0 Å². The lowest BCUT2D eigenvalue weighted by Crippen LogP contribution is -2.37. The minimum Gasteiger partial charge on any atom is -0.405 e. The van der Waals surface area contributed by atoms with E-state index in [-0.39, 0.29) is 23.9 Å². The summed E-state index contributed by atoms with van der Waals surface area (Å²) in [7, 11) is 1.52. The number of carbonyl (C=O) groups excluding carboxylic acids is 1. The SMILES string of the molecule is CN(Cc1ccccc1OC(F)(F)F)C(=O)NCCc1cccs1. The topological polar surface area (TPSA) is 41.6 Å². The van der Waals surface area contributed by atoms with Gasteiger partial charge in [0.2, 0.25) is 0 Å². The van der Waals surface area contributed by atoms with Gasteiger partial charge >= 0.3 is 12.4 Å². The second-order valence-corrected chi connectivity index (χ2v) is 6.11. The second kappa shape index (κ2) is 8.05. The molecule has 0 unspecified atom stereocenters. The molecule has 0 aliphatic heterocycles. The van der Waals surface area contributed by atoms with Crippen molar-refractivity contribution in [2.45, 2.75) is 19.3 Å². The van der Waals surface area contributed by atoms with Crippen LogP contribution in [0.4, 0.5) is 18.0 Å². The van der Waals surface area contributed by atoms with Crippen molar-refractivity contribution in [1.29, 1.82) is 0 Å². The Bertz CT molecular complexity index is 660. The summed E-state index contributed by atoms with van der Waals surface area (Å²) in [4.78, 5) is 14.5. The number of nitrogens with one attached hydrogen (secondary N) is 1. The number of thiophene rings is 1. The van der Waals surface area contributed by atoms with Crippen LogP contribution >= 0.6 is 11.3 Å². The number of benzene rings is 1. The molecule has 0 saturated carbocycles. The molecule has 1 N–H and O–H groups in total. The number of halogens is 3. The number of hydrogen-bond acceptors (Lipinski definition) is 3. The molecule has 1 aromatic carbocycles. The Morgan fingerprint density at radius 1 is 1.25 bits per heavy atom. The summed E-state index contributed by atoms with van der Waals surface area (Å²) in [6.07, 6.45) is -4.05. The molecule has 2 aromatic rings. The molecule has 1 heterocycles. The molecule has 0 bridgehead atoms. The van der Waals surface area contributed by atoms with E-state index in [4.69, 9.17) is 0 Å². The van der Waals surface area contributed by atoms with E-state index in [2.05, 4.69) is 10.1 Å². The summed E-state index contributed by atoms with van der Waals surface area (Å²) in [6, 6.07) is 9.33. The lowest BCUT2D eigenvalue weighted by atomic mass is 10.2. The summed E-state index contributed by atoms with van der Waals surface area (Å²) in [5.41, 5.74) is 0.283. The molecule has 1 aromatic heterocycles. The van der Waals surface area contributed by atoms with E-state index >= 15 is 0 Å². The average Bonchev–Trinajstić information content (AvgIpc) is 3.01. The average molecular weight is 358 g/mol. The lowest BCUT2D eigenvalue weighted by molar-refractivity contribution is -0.274. The first-order valence-corrected chi connectivity index (χ1v) is 8.08. The Morgan fingerprint density at radius 2 is 2.00 bits per heavy atom. The highest BCUT2D eigenvalue weighted by molar-refractivity contribution is 7.09. The van der Waals surface area contributed by atoms with Gasteiger partial charge in [-0.3, -0.25) is 0 Å². The van der Waals surface area contributed by atoms with E-state index in [0.29, 0.717) is 13.0 Å². The molecule has 0 spiro atoms. The van der Waals surface area contributed by atoms with Gasteiger partial charge in [0.25, 0.3) is 0 Å². The van der Waals surface area contributed by atoms with Crippen LogP contribution in [0.2, 0.25) is 0 Å². The summed E-state index contributed by atoms with van der Waals surface area (Å²) < 4.78 is 41.2. The molecule has 0 aliphatic rings. The van der Waals surface area contributed by atoms with Crippen LogP contribution in [0.15, 0.2) is 41.8 Å². The predicted octanol–water partition coefficient (Wildman–Crippen LogP) is 4.03. The van der Waals surface area contributed by atoms with Crippen molar-refractivity contribution in [3.05, 3.63) is 52.2 Å². The smallest absolute Gasteiger partial charge is 0.405 e. The minimum atomic E-state index is -4.77. The maximum atomic E-state index is 12.4. The van der Waals surface area contributed by atoms with Crippen molar-refractivity contribution in [2.24, 2.45) is 0 Å². The summed E-state index contributed by atoms with van der Waals surface area (Å²) in [5.74, 6) is -0.303. The third-order valence-electron chi connectivity index (χ3n) is 3.18. The van der Waals surface area contributed by atoms with E-state index in [1.807, 2.05) is 17.5 Å². The van der Waals surface area contributed by atoms with Gasteiger partial charge in [-0.25, -0.2) is 4.79 Å². The first-order chi connectivity index (χ1) is 11.3. The maximum absolute atomic E-state index is 12.4. The Hall–Kier alpha value is -2.22. The van der Waals surface area contributed by atoms with Crippen LogP contribution in [0.1, 0.15) is 10.4 Å². The van der Waals surface area contributed by atoms with Crippen LogP contribution < -0.4 is 10.1 Å². The van der Waals surface area contributed by atoms with Crippen molar-refractivity contribution in [2.75, 3.05) is 13.6 Å². The van der Waals surface area contributed by atoms with Gasteiger partial charge in [0.1, 0.15) is 5.75 Å². The van der Waals surface area contributed by atoms with Gasteiger partial charge in [-0.15, -0.1) is 24.5 Å². The molecule has 2 rings (SSSR count). The Morgan fingerprint density at radius 3 is 2.67 bits per heavy atom. The Balaban J connectivity index is 1.89. The number of nitrogens with zero attached hydrogens (tertiary/aromatic N) is 1. The number of urea groups is 1. The highest BCUT2D eigenvalue weighted by Gasteiger charge is 2.32. The van der Waals surface area contributed by atoms with Crippen LogP contribution in [0.5, 0.6) is 5.75 Å². The predicted molar refractivity (Wildman–Crippen MR) is 86.0 cm³/mol. The van der Waals surface area contributed by atoms with Crippen LogP contribution in [0.25, 0.3) is 0 Å². The fourth-order valence-corrected chi connectivity index (χ4v) is 2.78. The van der Waals surface area contributed by atoms with Gasteiger partial charge < -0.3 is 15.0 Å². The molecule has 0 saturated heterocycles. The Kier molecular flexibility index (Phi) is 6.08. The summed E-state index contributed by atoms with van der Waals surface area (Å²) in [5, 5.41) is 4.70. The van der Waals surface area contributed by atoms with Crippen LogP contribution in [-0.4, -0.2) is 30.9 Å². The van der Waals surface area contributed by atoms with Gasteiger partial charge in [-0.2, -0.15) is 0 Å². The third kappa shape index (κ3) is 5.77. The van der Waals surface area contributed by atoms with Gasteiger partial charge in [0, 0.05) is 24.0 Å². The first-order valence-electron chi connectivity index (χ1n) is 7.20. The molecule has 130 valence electrons. The first kappa shape index (κ1) is 18.1. The maximum Gasteiger partial charge on any atom is 0.573 e. The normalized spacial score (nSPS) is 11.2. The Labute approximate surface area is 141 Å². The molecule has 8 heteroatoms. The monoisotopic (exact) mass is 358 g/mol. The third-order valence-corrected chi connectivity index (χ3v) is 4.12. The number of alkyl halides is 3. The molecule has 0 fully saturated rings. The molecular formula is C16H17F3N2O2S. The highest BCUT2D eigenvalue weighted by atomic mass is 32.1. The van der Waals surface area contributed by atoms with Crippen molar-refractivity contribution in [3.8, 4) is 5.75 Å². The van der Waals surface area contributed by atoms with Gasteiger partial charge in [0.05, 0.1) is 6.54 Å². The van der Waals surface area contributed by atoms with Crippen LogP contribution in [-0.2, 0) is 13.0 Å². The number of ether oxygens (including phenoxy) is 1. The van der Waals surface area contributed by atoms with E-state index in [1.54, 1.807) is 17.4 Å². The minimum absolute atomic E-state index is 0.0110. The zero-order valence-electron chi connectivity index (χ0n) is 13.0. The molecule has 0 aliphatic carbocycles. The molecular weight excluding hydrogens is 341 g/mol. The zero-order chi connectivity index (χ0) is 17.6. The van der Waals surface area contributed by atoms with Crippen molar-refractivity contribution < 1.29 is 22.7 Å². The summed E-state index contributed by atoms with van der Waals surface area (Å²) >= 11 is 1.60.